The first kappa shape index (κ1) is 11.9. The molecule has 0 aromatic carbocycles. The second-order valence-electron chi connectivity index (χ2n) is 5.19. The van der Waals surface area contributed by atoms with Gasteiger partial charge in [0.05, 0.1) is 6.54 Å². The van der Waals surface area contributed by atoms with Gasteiger partial charge in [0, 0.05) is 29.9 Å². The number of nitrogens with one attached hydrogen (secondary N) is 2. The third-order valence-corrected chi connectivity index (χ3v) is 2.96. The molecule has 2 heterocycles. The van der Waals surface area contributed by atoms with Gasteiger partial charge in [0.1, 0.15) is 0 Å². The van der Waals surface area contributed by atoms with Crippen LogP contribution in [0.3, 0.4) is 0 Å². The van der Waals surface area contributed by atoms with Crippen LogP contribution < -0.4 is 10.6 Å². The van der Waals surface area contributed by atoms with E-state index in [1.54, 1.807) is 0 Å². The fraction of sp³-hybridized carbons (Fsp3) is 0.538. The van der Waals surface area contributed by atoms with Gasteiger partial charge >= 0.3 is 0 Å². The van der Waals surface area contributed by atoms with Crippen molar-refractivity contribution in [1.82, 2.24) is 15.6 Å². The number of hydrogen-bond donors (Lipinski definition) is 2. The van der Waals surface area contributed by atoms with Gasteiger partial charge in [-0.15, -0.1) is 0 Å². The largest absolute Gasteiger partial charge is 0.355 e. The summed E-state index contributed by atoms with van der Waals surface area (Å²) < 4.78 is 0. The highest BCUT2D eigenvalue weighted by Crippen LogP contribution is 2.19. The Morgan fingerprint density at radius 1 is 1.47 bits per heavy atom. The maximum Gasteiger partial charge on any atom is 0.191 e. The minimum atomic E-state index is -0.00269. The van der Waals surface area contributed by atoms with Crippen LogP contribution >= 0.6 is 0 Å². The van der Waals surface area contributed by atoms with Gasteiger partial charge in [-0.05, 0) is 19.1 Å². The minimum absolute atomic E-state index is 0.00269. The second-order valence-corrected chi connectivity index (χ2v) is 5.19. The van der Waals surface area contributed by atoms with Gasteiger partial charge in [-0.3, -0.25) is 9.98 Å². The van der Waals surface area contributed by atoms with Crippen molar-refractivity contribution in [2.75, 3.05) is 13.1 Å². The van der Waals surface area contributed by atoms with Crippen LogP contribution in [0.4, 0.5) is 0 Å². The molecule has 2 N–H and O–H groups in total. The monoisotopic (exact) mass is 232 g/mol. The summed E-state index contributed by atoms with van der Waals surface area (Å²) >= 11 is 0. The standard InChI is InChI=1S/C13H20N4/c1-10-8-15-12(17-10)16-9-13(2,3)11-6-4-5-7-14-11/h4-7,10H,8-9H2,1-3H3,(H2,15,16,17). The molecule has 4 nitrogen and oxygen atoms in total. The number of nitrogens with zero attached hydrogens (tertiary/aromatic N) is 2. The van der Waals surface area contributed by atoms with Crippen molar-refractivity contribution in [2.45, 2.75) is 32.2 Å². The first-order valence-corrected chi connectivity index (χ1v) is 6.04. The van der Waals surface area contributed by atoms with Crippen LogP contribution in [0, 0.1) is 0 Å². The third kappa shape index (κ3) is 2.96. The summed E-state index contributed by atoms with van der Waals surface area (Å²) in [6, 6.07) is 6.47. The Bertz CT molecular complexity index is 397. The lowest BCUT2D eigenvalue weighted by Crippen LogP contribution is -2.43. The summed E-state index contributed by atoms with van der Waals surface area (Å²) in [5.41, 5.74) is 1.09. The number of aromatic nitrogens is 1. The molecule has 1 aromatic heterocycles. The van der Waals surface area contributed by atoms with Crippen molar-refractivity contribution in [2.24, 2.45) is 4.99 Å². The van der Waals surface area contributed by atoms with E-state index in [4.69, 9.17) is 0 Å². The average Bonchev–Trinajstić information content (AvgIpc) is 2.74. The zero-order valence-corrected chi connectivity index (χ0v) is 10.7. The Kier molecular flexibility index (Phi) is 3.31. The Hall–Kier alpha value is -1.58. The zero-order chi connectivity index (χ0) is 12.3. The Morgan fingerprint density at radius 2 is 2.29 bits per heavy atom. The summed E-state index contributed by atoms with van der Waals surface area (Å²) in [4.78, 5) is 8.80. The molecule has 1 aromatic rings. The molecular formula is C13H20N4. The minimum Gasteiger partial charge on any atom is -0.355 e. The molecule has 2 rings (SSSR count). The van der Waals surface area contributed by atoms with Gasteiger partial charge in [-0.25, -0.2) is 0 Å². The van der Waals surface area contributed by atoms with Crippen LogP contribution in [0.25, 0.3) is 0 Å². The predicted molar refractivity (Wildman–Crippen MR) is 70.2 cm³/mol. The number of pyridine rings is 1. The lowest BCUT2D eigenvalue weighted by molar-refractivity contribution is 0.494. The van der Waals surface area contributed by atoms with Crippen LogP contribution in [0.5, 0.6) is 0 Å². The first-order chi connectivity index (χ1) is 8.08. The molecule has 1 aliphatic rings. The summed E-state index contributed by atoms with van der Waals surface area (Å²) in [7, 11) is 0. The van der Waals surface area contributed by atoms with Crippen LogP contribution in [-0.4, -0.2) is 30.1 Å². The molecule has 1 aliphatic heterocycles. The summed E-state index contributed by atoms with van der Waals surface area (Å²) in [5, 5.41) is 6.65. The van der Waals surface area contributed by atoms with Crippen molar-refractivity contribution in [1.29, 1.82) is 0 Å². The summed E-state index contributed by atoms with van der Waals surface area (Å²) in [6.45, 7) is 8.17. The highest BCUT2D eigenvalue weighted by molar-refractivity contribution is 5.81. The topological polar surface area (TPSA) is 49.3 Å². The van der Waals surface area contributed by atoms with Gasteiger partial charge in [-0.1, -0.05) is 19.9 Å². The summed E-state index contributed by atoms with van der Waals surface area (Å²) in [5.74, 6) is 0.904. The second kappa shape index (κ2) is 4.73. The van der Waals surface area contributed by atoms with Crippen molar-refractivity contribution in [3.05, 3.63) is 30.1 Å². The molecule has 17 heavy (non-hydrogen) atoms. The molecule has 0 aliphatic carbocycles. The number of aliphatic imine (C=N–C) groups is 1. The van der Waals surface area contributed by atoms with E-state index < -0.39 is 0 Å². The van der Waals surface area contributed by atoms with E-state index in [1.807, 2.05) is 18.3 Å². The maximum atomic E-state index is 4.41. The van der Waals surface area contributed by atoms with E-state index in [1.165, 1.54) is 0 Å². The number of rotatable bonds is 3. The van der Waals surface area contributed by atoms with E-state index in [9.17, 15) is 0 Å². The molecular weight excluding hydrogens is 212 g/mol. The normalized spacial score (nSPS) is 19.7. The first-order valence-electron chi connectivity index (χ1n) is 6.04. The summed E-state index contributed by atoms with van der Waals surface area (Å²) in [6.07, 6.45) is 1.84. The fourth-order valence-electron chi connectivity index (χ4n) is 1.82. The maximum absolute atomic E-state index is 4.41. The van der Waals surface area contributed by atoms with E-state index in [2.05, 4.69) is 47.4 Å². The lowest BCUT2D eigenvalue weighted by Gasteiger charge is -2.25. The Labute approximate surface area is 103 Å². The van der Waals surface area contributed by atoms with Gasteiger partial charge in [0.2, 0.25) is 0 Å². The van der Waals surface area contributed by atoms with Crippen molar-refractivity contribution < 1.29 is 0 Å². The number of hydrogen-bond acceptors (Lipinski definition) is 4. The van der Waals surface area contributed by atoms with Crippen molar-refractivity contribution in [3.63, 3.8) is 0 Å². The lowest BCUT2D eigenvalue weighted by atomic mass is 9.89. The molecule has 0 radical (unpaired) electrons. The molecule has 0 spiro atoms. The van der Waals surface area contributed by atoms with Crippen molar-refractivity contribution >= 4 is 5.96 Å². The van der Waals surface area contributed by atoms with E-state index in [0.29, 0.717) is 6.04 Å². The molecule has 4 heteroatoms. The van der Waals surface area contributed by atoms with Gasteiger partial charge in [0.15, 0.2) is 5.96 Å². The Balaban J connectivity index is 1.94. The smallest absolute Gasteiger partial charge is 0.191 e. The third-order valence-electron chi connectivity index (χ3n) is 2.96. The molecule has 1 unspecified atom stereocenters. The highest BCUT2D eigenvalue weighted by Gasteiger charge is 2.23. The average molecular weight is 232 g/mol. The molecule has 92 valence electrons. The predicted octanol–water partition coefficient (Wildman–Crippen LogP) is 1.30. The van der Waals surface area contributed by atoms with Crippen LogP contribution in [0.15, 0.2) is 29.4 Å². The van der Waals surface area contributed by atoms with Gasteiger partial charge in [-0.2, -0.15) is 0 Å². The quantitative estimate of drug-likeness (QED) is 0.826. The van der Waals surface area contributed by atoms with Crippen molar-refractivity contribution in [3.8, 4) is 0 Å². The zero-order valence-electron chi connectivity index (χ0n) is 10.7. The Morgan fingerprint density at radius 3 is 2.88 bits per heavy atom. The number of guanidine groups is 1. The van der Waals surface area contributed by atoms with E-state index in [-0.39, 0.29) is 5.41 Å². The van der Waals surface area contributed by atoms with Crippen LogP contribution in [-0.2, 0) is 5.41 Å². The fourth-order valence-corrected chi connectivity index (χ4v) is 1.82. The molecule has 1 atom stereocenters. The van der Waals surface area contributed by atoms with Gasteiger partial charge in [0.25, 0.3) is 0 Å². The molecule has 0 bridgehead atoms. The highest BCUT2D eigenvalue weighted by atomic mass is 15.2. The van der Waals surface area contributed by atoms with Gasteiger partial charge < -0.3 is 10.6 Å². The SMILES string of the molecule is CC1CN=C(NCC(C)(C)c2ccccn2)N1. The molecule has 0 saturated heterocycles. The van der Waals surface area contributed by atoms with Crippen LogP contribution in [0.2, 0.25) is 0 Å². The molecule has 0 amide bonds. The van der Waals surface area contributed by atoms with E-state index in [0.717, 1.165) is 24.7 Å². The van der Waals surface area contributed by atoms with Crippen LogP contribution in [0.1, 0.15) is 26.5 Å². The molecule has 0 saturated carbocycles. The van der Waals surface area contributed by atoms with E-state index >= 15 is 0 Å². The molecule has 0 fully saturated rings.